The standard InChI is InChI=1S/C27H27FN4/c1-19-17-21(28)4-9-24(19)20-3-10-26-25(18-20)27(11-12-29-26)30-22-5-7-23(8-6-22)32-15-13-31(2)14-16-32/h3-12,17-18H,13-16H2,1-2H3,(H,29,30). The van der Waals surface area contributed by atoms with E-state index in [4.69, 9.17) is 0 Å². The molecule has 0 spiro atoms. The Labute approximate surface area is 188 Å². The molecule has 162 valence electrons. The number of anilines is 3. The number of pyridine rings is 1. The lowest BCUT2D eigenvalue weighted by molar-refractivity contribution is 0.313. The van der Waals surface area contributed by atoms with Gasteiger partial charge in [-0.25, -0.2) is 4.39 Å². The number of halogens is 1. The van der Waals surface area contributed by atoms with Gasteiger partial charge in [-0.3, -0.25) is 4.98 Å². The summed E-state index contributed by atoms with van der Waals surface area (Å²) in [6.45, 7) is 6.25. The van der Waals surface area contributed by atoms with E-state index in [2.05, 4.69) is 57.5 Å². The first kappa shape index (κ1) is 20.5. The molecular formula is C27H27FN4. The van der Waals surface area contributed by atoms with E-state index in [9.17, 15) is 4.39 Å². The van der Waals surface area contributed by atoms with Gasteiger partial charge in [0.05, 0.1) is 5.52 Å². The molecule has 32 heavy (non-hydrogen) atoms. The molecule has 0 aliphatic carbocycles. The van der Waals surface area contributed by atoms with Crippen molar-refractivity contribution < 1.29 is 4.39 Å². The summed E-state index contributed by atoms with van der Waals surface area (Å²) in [4.78, 5) is 9.32. The molecule has 5 rings (SSSR count). The predicted molar refractivity (Wildman–Crippen MR) is 131 cm³/mol. The van der Waals surface area contributed by atoms with Crippen molar-refractivity contribution in [3.8, 4) is 11.1 Å². The van der Waals surface area contributed by atoms with Crippen molar-refractivity contribution in [2.45, 2.75) is 6.92 Å². The van der Waals surface area contributed by atoms with E-state index in [1.165, 1.54) is 11.8 Å². The number of nitrogens with one attached hydrogen (secondary N) is 1. The van der Waals surface area contributed by atoms with Crippen molar-refractivity contribution in [2.24, 2.45) is 0 Å². The van der Waals surface area contributed by atoms with Gasteiger partial charge < -0.3 is 15.1 Å². The van der Waals surface area contributed by atoms with Crippen LogP contribution in [0.4, 0.5) is 21.5 Å². The van der Waals surface area contributed by atoms with Crippen molar-refractivity contribution >= 4 is 28.0 Å². The maximum absolute atomic E-state index is 13.6. The van der Waals surface area contributed by atoms with Crippen molar-refractivity contribution in [3.05, 3.63) is 84.3 Å². The van der Waals surface area contributed by atoms with Crippen molar-refractivity contribution in [3.63, 3.8) is 0 Å². The van der Waals surface area contributed by atoms with Crippen LogP contribution in [0, 0.1) is 12.7 Å². The van der Waals surface area contributed by atoms with Crippen molar-refractivity contribution in [1.82, 2.24) is 9.88 Å². The summed E-state index contributed by atoms with van der Waals surface area (Å²) in [5.41, 5.74) is 7.23. The van der Waals surface area contributed by atoms with Crippen LogP contribution in [0.1, 0.15) is 5.56 Å². The second kappa shape index (κ2) is 8.60. The lowest BCUT2D eigenvalue weighted by Crippen LogP contribution is -2.44. The van der Waals surface area contributed by atoms with E-state index < -0.39 is 0 Å². The monoisotopic (exact) mass is 426 g/mol. The maximum atomic E-state index is 13.6. The molecule has 0 amide bonds. The Morgan fingerprint density at radius 2 is 1.66 bits per heavy atom. The molecule has 1 aromatic heterocycles. The molecule has 1 saturated heterocycles. The molecular weight excluding hydrogens is 399 g/mol. The molecule has 0 bridgehead atoms. The van der Waals surface area contributed by atoms with Crippen LogP contribution in [0.15, 0.2) is 72.9 Å². The third kappa shape index (κ3) is 4.16. The van der Waals surface area contributed by atoms with E-state index in [1.54, 1.807) is 6.07 Å². The minimum atomic E-state index is -0.212. The molecule has 0 unspecified atom stereocenters. The third-order valence-electron chi connectivity index (χ3n) is 6.26. The molecule has 0 saturated carbocycles. The van der Waals surface area contributed by atoms with Gasteiger partial charge in [-0.1, -0.05) is 12.1 Å². The number of hydrogen-bond acceptors (Lipinski definition) is 4. The molecule has 1 aliphatic rings. The summed E-state index contributed by atoms with van der Waals surface area (Å²) in [5.74, 6) is -0.212. The summed E-state index contributed by atoms with van der Waals surface area (Å²) >= 11 is 0. The number of rotatable bonds is 4. The molecule has 0 radical (unpaired) electrons. The van der Waals surface area contributed by atoms with Crippen LogP contribution in [0.3, 0.4) is 0 Å². The SMILES string of the molecule is Cc1cc(F)ccc1-c1ccc2nccc(Nc3ccc(N4CCN(C)CC4)cc3)c2c1. The molecule has 4 aromatic rings. The van der Waals surface area contributed by atoms with Gasteiger partial charge in [0, 0.05) is 54.8 Å². The third-order valence-corrected chi connectivity index (χ3v) is 6.26. The second-order valence-electron chi connectivity index (χ2n) is 8.51. The summed E-state index contributed by atoms with van der Waals surface area (Å²) in [6.07, 6.45) is 1.83. The first-order valence-corrected chi connectivity index (χ1v) is 11.0. The van der Waals surface area contributed by atoms with E-state index in [1.807, 2.05) is 37.4 Å². The van der Waals surface area contributed by atoms with Crippen LogP contribution >= 0.6 is 0 Å². The average Bonchev–Trinajstić information content (AvgIpc) is 2.80. The Kier molecular flexibility index (Phi) is 5.50. The Hall–Kier alpha value is -3.44. The molecule has 0 atom stereocenters. The van der Waals surface area contributed by atoms with Crippen LogP contribution in [0.25, 0.3) is 22.0 Å². The van der Waals surface area contributed by atoms with Gasteiger partial charge in [-0.05, 0) is 85.3 Å². The van der Waals surface area contributed by atoms with Gasteiger partial charge in [-0.2, -0.15) is 0 Å². The summed E-state index contributed by atoms with van der Waals surface area (Å²) in [6, 6.07) is 21.8. The number of piperazine rings is 1. The van der Waals surface area contributed by atoms with Gasteiger partial charge in [0.25, 0.3) is 0 Å². The second-order valence-corrected chi connectivity index (χ2v) is 8.51. The summed E-state index contributed by atoms with van der Waals surface area (Å²) in [5, 5.41) is 4.60. The zero-order valence-electron chi connectivity index (χ0n) is 18.5. The van der Waals surface area contributed by atoms with Gasteiger partial charge >= 0.3 is 0 Å². The first-order chi connectivity index (χ1) is 15.6. The maximum Gasteiger partial charge on any atom is 0.123 e. The fourth-order valence-electron chi connectivity index (χ4n) is 4.35. The number of nitrogens with zero attached hydrogens (tertiary/aromatic N) is 3. The van der Waals surface area contributed by atoms with Gasteiger partial charge in [0.2, 0.25) is 0 Å². The normalized spacial score (nSPS) is 14.7. The number of hydrogen-bond donors (Lipinski definition) is 1. The predicted octanol–water partition coefficient (Wildman–Crippen LogP) is 5.84. The minimum absolute atomic E-state index is 0.212. The van der Waals surface area contributed by atoms with Crippen LogP contribution in [0.5, 0.6) is 0 Å². The highest BCUT2D eigenvalue weighted by Crippen LogP contribution is 2.32. The Balaban J connectivity index is 1.42. The fraction of sp³-hybridized carbons (Fsp3) is 0.222. The highest BCUT2D eigenvalue weighted by Gasteiger charge is 2.14. The topological polar surface area (TPSA) is 31.4 Å². The molecule has 2 heterocycles. The van der Waals surface area contributed by atoms with Crippen LogP contribution in [0.2, 0.25) is 0 Å². The Morgan fingerprint density at radius 1 is 0.875 bits per heavy atom. The molecule has 1 N–H and O–H groups in total. The number of fused-ring (bicyclic) bond motifs is 1. The van der Waals surface area contributed by atoms with Gasteiger partial charge in [-0.15, -0.1) is 0 Å². The van der Waals surface area contributed by atoms with Gasteiger partial charge in [0.1, 0.15) is 5.82 Å². The number of aryl methyl sites for hydroxylation is 1. The van der Waals surface area contributed by atoms with Crippen LogP contribution in [-0.2, 0) is 0 Å². The quantitative estimate of drug-likeness (QED) is 0.444. The minimum Gasteiger partial charge on any atom is -0.369 e. The van der Waals surface area contributed by atoms with Crippen molar-refractivity contribution in [2.75, 3.05) is 43.4 Å². The first-order valence-electron chi connectivity index (χ1n) is 11.0. The van der Waals surface area contributed by atoms with E-state index in [0.29, 0.717) is 0 Å². The Bertz CT molecular complexity index is 1240. The molecule has 4 nitrogen and oxygen atoms in total. The Morgan fingerprint density at radius 3 is 2.41 bits per heavy atom. The van der Waals surface area contributed by atoms with Crippen LogP contribution in [-0.4, -0.2) is 43.1 Å². The number of aromatic nitrogens is 1. The van der Waals surface area contributed by atoms with Gasteiger partial charge in [0.15, 0.2) is 0 Å². The van der Waals surface area contributed by atoms with E-state index >= 15 is 0 Å². The largest absolute Gasteiger partial charge is 0.369 e. The summed E-state index contributed by atoms with van der Waals surface area (Å²) in [7, 11) is 2.17. The molecule has 1 fully saturated rings. The lowest BCUT2D eigenvalue weighted by atomic mass is 9.98. The molecule has 5 heteroatoms. The van der Waals surface area contributed by atoms with Crippen molar-refractivity contribution in [1.29, 1.82) is 0 Å². The highest BCUT2D eigenvalue weighted by atomic mass is 19.1. The molecule has 3 aromatic carbocycles. The highest BCUT2D eigenvalue weighted by molar-refractivity contribution is 5.96. The number of benzene rings is 3. The summed E-state index contributed by atoms with van der Waals surface area (Å²) < 4.78 is 13.6. The zero-order valence-corrected chi connectivity index (χ0v) is 18.5. The van der Waals surface area contributed by atoms with E-state index in [-0.39, 0.29) is 5.82 Å². The lowest BCUT2D eigenvalue weighted by Gasteiger charge is -2.34. The smallest absolute Gasteiger partial charge is 0.123 e. The fourth-order valence-corrected chi connectivity index (χ4v) is 4.35. The van der Waals surface area contributed by atoms with Crippen LogP contribution < -0.4 is 10.2 Å². The van der Waals surface area contributed by atoms with E-state index in [0.717, 1.165) is 65.1 Å². The zero-order chi connectivity index (χ0) is 22.1. The molecule has 1 aliphatic heterocycles. The average molecular weight is 427 g/mol. The number of likely N-dealkylation sites (N-methyl/N-ethyl adjacent to an activating group) is 1.